The van der Waals surface area contributed by atoms with E-state index in [0.29, 0.717) is 24.8 Å². The molecule has 0 spiro atoms. The number of carbonyl (C=O) groups excluding carboxylic acids is 1. The van der Waals surface area contributed by atoms with Crippen molar-refractivity contribution >= 4 is 11.9 Å². The van der Waals surface area contributed by atoms with Crippen molar-refractivity contribution in [2.45, 2.75) is 53.4 Å². The quantitative estimate of drug-likeness (QED) is 0.662. The second-order valence-corrected chi connectivity index (χ2v) is 6.36. The predicted molar refractivity (Wildman–Crippen MR) is 82.4 cm³/mol. The molecule has 22 heavy (non-hydrogen) atoms. The van der Waals surface area contributed by atoms with Gasteiger partial charge in [0.2, 0.25) is 0 Å². The highest BCUT2D eigenvalue weighted by Crippen LogP contribution is 2.14. The molecule has 0 heterocycles. The average Bonchev–Trinajstić information content (AvgIpc) is 2.35. The molecule has 0 aromatic rings. The summed E-state index contributed by atoms with van der Waals surface area (Å²) in [5.74, 6) is -1.24. The van der Waals surface area contributed by atoms with Crippen molar-refractivity contribution in [1.29, 1.82) is 5.26 Å². The SMILES string of the molecule is CC(C)C[C@H](C#N)CC(=O)[O-].CC(C)C[C@H](CN)CC(=O)O. The number of rotatable bonds is 9. The van der Waals surface area contributed by atoms with E-state index in [9.17, 15) is 14.7 Å². The Balaban J connectivity index is 0. The van der Waals surface area contributed by atoms with Crippen LogP contribution in [-0.4, -0.2) is 23.6 Å². The summed E-state index contributed by atoms with van der Waals surface area (Å²) in [5, 5.41) is 27.0. The molecule has 0 saturated heterocycles. The minimum absolute atomic E-state index is 0.144. The summed E-state index contributed by atoms with van der Waals surface area (Å²) in [5.41, 5.74) is 5.41. The number of nitrogens with two attached hydrogens (primary N) is 1. The van der Waals surface area contributed by atoms with Gasteiger partial charge in [-0.25, -0.2) is 0 Å². The lowest BCUT2D eigenvalue weighted by molar-refractivity contribution is -0.306. The van der Waals surface area contributed by atoms with Crippen LogP contribution in [0, 0.1) is 35.0 Å². The van der Waals surface area contributed by atoms with Crippen LogP contribution < -0.4 is 10.8 Å². The fourth-order valence-electron chi connectivity index (χ4n) is 2.13. The highest BCUT2D eigenvalue weighted by Gasteiger charge is 2.12. The van der Waals surface area contributed by atoms with E-state index < -0.39 is 11.9 Å². The molecule has 3 N–H and O–H groups in total. The Hall–Kier alpha value is -1.61. The Bertz CT molecular complexity index is 362. The average molecular weight is 313 g/mol. The second kappa shape index (κ2) is 13.1. The summed E-state index contributed by atoms with van der Waals surface area (Å²) in [7, 11) is 0. The van der Waals surface area contributed by atoms with Gasteiger partial charge in [0.15, 0.2) is 0 Å². The molecule has 0 rings (SSSR count). The molecule has 0 saturated carbocycles. The summed E-state index contributed by atoms with van der Waals surface area (Å²) in [4.78, 5) is 20.4. The van der Waals surface area contributed by atoms with E-state index in [1.165, 1.54) is 0 Å². The number of nitrogens with zero attached hydrogens (tertiary/aromatic N) is 1. The van der Waals surface area contributed by atoms with Gasteiger partial charge in [-0.05, 0) is 37.1 Å². The normalized spacial score (nSPS) is 13.0. The maximum Gasteiger partial charge on any atom is 0.303 e. The van der Waals surface area contributed by atoms with Crippen molar-refractivity contribution < 1.29 is 19.8 Å². The van der Waals surface area contributed by atoms with Crippen LogP contribution in [0.25, 0.3) is 0 Å². The number of carboxylic acids is 2. The summed E-state index contributed by atoms with van der Waals surface area (Å²) >= 11 is 0. The third kappa shape index (κ3) is 16.4. The van der Waals surface area contributed by atoms with Gasteiger partial charge in [0.25, 0.3) is 0 Å². The molecule has 0 unspecified atom stereocenters. The van der Waals surface area contributed by atoms with Gasteiger partial charge in [-0.3, -0.25) is 4.79 Å². The van der Waals surface area contributed by atoms with E-state index in [4.69, 9.17) is 16.1 Å². The third-order valence-electron chi connectivity index (χ3n) is 2.95. The van der Waals surface area contributed by atoms with Gasteiger partial charge in [-0.2, -0.15) is 5.26 Å². The van der Waals surface area contributed by atoms with Crippen LogP contribution in [0.2, 0.25) is 0 Å². The molecule has 0 aliphatic rings. The molecule has 0 aliphatic carbocycles. The number of nitriles is 1. The largest absolute Gasteiger partial charge is 0.550 e. The van der Waals surface area contributed by atoms with Crippen molar-refractivity contribution in [1.82, 2.24) is 0 Å². The van der Waals surface area contributed by atoms with E-state index in [1.54, 1.807) is 0 Å². The smallest absolute Gasteiger partial charge is 0.303 e. The molecule has 0 amide bonds. The molecule has 2 atom stereocenters. The van der Waals surface area contributed by atoms with Gasteiger partial charge in [-0.1, -0.05) is 27.7 Å². The standard InChI is InChI=1S/C8H17NO2.C8H13NO2/c2*1-6(2)3-7(5-9)4-8(10)11/h6-7H,3-5,9H2,1-2H3,(H,10,11);6-7H,3-4H2,1-2H3,(H,10,11)/p-1/t2*7-/m00/s1. The fraction of sp³-hybridized carbons (Fsp3) is 0.812. The van der Waals surface area contributed by atoms with Crippen molar-refractivity contribution in [3.63, 3.8) is 0 Å². The zero-order chi connectivity index (χ0) is 17.7. The Labute approximate surface area is 133 Å². The van der Waals surface area contributed by atoms with E-state index in [0.717, 1.165) is 6.42 Å². The summed E-state index contributed by atoms with van der Waals surface area (Å²) in [6, 6.07) is 1.94. The van der Waals surface area contributed by atoms with Crippen LogP contribution in [0.5, 0.6) is 0 Å². The molecular weight excluding hydrogens is 284 g/mol. The Morgan fingerprint density at radius 2 is 1.64 bits per heavy atom. The molecule has 0 radical (unpaired) electrons. The van der Waals surface area contributed by atoms with Crippen LogP contribution in [0.4, 0.5) is 0 Å². The molecule has 128 valence electrons. The molecule has 0 aromatic carbocycles. The molecule has 0 bridgehead atoms. The van der Waals surface area contributed by atoms with Gasteiger partial charge in [-0.15, -0.1) is 0 Å². The first-order valence-corrected chi connectivity index (χ1v) is 7.63. The maximum absolute atomic E-state index is 10.3. The minimum Gasteiger partial charge on any atom is -0.550 e. The molecule has 6 nitrogen and oxygen atoms in total. The van der Waals surface area contributed by atoms with Gasteiger partial charge in [0.05, 0.1) is 12.0 Å². The maximum atomic E-state index is 10.3. The molecule has 0 aliphatic heterocycles. The summed E-state index contributed by atoms with van der Waals surface area (Å²) in [6.07, 6.45) is 1.59. The highest BCUT2D eigenvalue weighted by molar-refractivity contribution is 5.67. The first-order valence-electron chi connectivity index (χ1n) is 7.63. The molecular formula is C16H29N2O4-. The lowest BCUT2D eigenvalue weighted by Crippen LogP contribution is -2.25. The van der Waals surface area contributed by atoms with E-state index in [2.05, 4.69) is 13.8 Å². The number of carboxylic acid groups (broad SMARTS) is 2. The first kappa shape index (κ1) is 22.7. The summed E-state index contributed by atoms with van der Waals surface area (Å²) < 4.78 is 0. The van der Waals surface area contributed by atoms with Crippen molar-refractivity contribution in [3.05, 3.63) is 0 Å². The molecule has 0 aromatic heterocycles. The lowest BCUT2D eigenvalue weighted by atomic mass is 9.94. The lowest BCUT2D eigenvalue weighted by Gasteiger charge is -2.13. The number of aliphatic carboxylic acids is 2. The molecule has 6 heteroatoms. The van der Waals surface area contributed by atoms with E-state index in [1.807, 2.05) is 19.9 Å². The third-order valence-corrected chi connectivity index (χ3v) is 2.95. The van der Waals surface area contributed by atoms with Gasteiger partial charge >= 0.3 is 5.97 Å². The highest BCUT2D eigenvalue weighted by atomic mass is 16.4. The van der Waals surface area contributed by atoms with Crippen LogP contribution in [0.3, 0.4) is 0 Å². The Morgan fingerprint density at radius 1 is 1.14 bits per heavy atom. The van der Waals surface area contributed by atoms with Gasteiger partial charge in [0, 0.05) is 18.8 Å². The first-order chi connectivity index (χ1) is 10.1. The van der Waals surface area contributed by atoms with E-state index >= 15 is 0 Å². The van der Waals surface area contributed by atoms with Gasteiger partial charge in [0.1, 0.15) is 0 Å². The Kier molecular flexibility index (Phi) is 13.5. The van der Waals surface area contributed by atoms with Crippen molar-refractivity contribution in [2.75, 3.05) is 6.54 Å². The van der Waals surface area contributed by atoms with Crippen LogP contribution >= 0.6 is 0 Å². The number of hydrogen-bond acceptors (Lipinski definition) is 5. The summed E-state index contributed by atoms with van der Waals surface area (Å²) in [6.45, 7) is 8.54. The predicted octanol–water partition coefficient (Wildman–Crippen LogP) is 1.39. The van der Waals surface area contributed by atoms with Crippen molar-refractivity contribution in [3.8, 4) is 6.07 Å². The number of hydrogen-bond donors (Lipinski definition) is 2. The molecule has 0 fully saturated rings. The van der Waals surface area contributed by atoms with Crippen LogP contribution in [-0.2, 0) is 9.59 Å². The zero-order valence-corrected chi connectivity index (χ0v) is 14.0. The fourth-order valence-corrected chi connectivity index (χ4v) is 2.13. The van der Waals surface area contributed by atoms with Crippen LogP contribution in [0.15, 0.2) is 0 Å². The zero-order valence-electron chi connectivity index (χ0n) is 14.0. The minimum atomic E-state index is -1.14. The van der Waals surface area contributed by atoms with E-state index in [-0.39, 0.29) is 24.7 Å². The monoisotopic (exact) mass is 313 g/mol. The van der Waals surface area contributed by atoms with Gasteiger partial charge < -0.3 is 20.7 Å². The topological polar surface area (TPSA) is 127 Å². The second-order valence-electron chi connectivity index (χ2n) is 6.36. The number of carbonyl (C=O) groups is 2. The van der Waals surface area contributed by atoms with Crippen molar-refractivity contribution in [2.24, 2.45) is 29.4 Å². The van der Waals surface area contributed by atoms with Crippen LogP contribution in [0.1, 0.15) is 53.4 Å². The Morgan fingerprint density at radius 3 is 1.91 bits per heavy atom.